The van der Waals surface area contributed by atoms with Crippen LogP contribution in [0.4, 0.5) is 0 Å². The van der Waals surface area contributed by atoms with Gasteiger partial charge < -0.3 is 14.5 Å². The van der Waals surface area contributed by atoms with Gasteiger partial charge in [-0.05, 0) is 44.9 Å². The van der Waals surface area contributed by atoms with Gasteiger partial charge in [-0.2, -0.15) is 15.4 Å². The molecule has 3 rings (SSSR count). The number of ether oxygens (including phenoxy) is 1. The molecule has 0 unspecified atom stereocenters. The molecule has 0 radical (unpaired) electrons. The number of carbonyl (C=O) groups excluding carboxylic acids is 2. The maximum atomic E-state index is 12.6. The summed E-state index contributed by atoms with van der Waals surface area (Å²) in [5, 5.41) is 10.4. The number of hydrogen-bond acceptors (Lipinski definition) is 5. The summed E-state index contributed by atoms with van der Waals surface area (Å²) in [6.07, 6.45) is 2.95. The van der Waals surface area contributed by atoms with Crippen molar-refractivity contribution >= 4 is 11.8 Å². The van der Waals surface area contributed by atoms with Crippen LogP contribution in [0.3, 0.4) is 0 Å². The number of nitrogens with zero attached hydrogens (tertiary/aromatic N) is 4. The second-order valence-electron chi connectivity index (χ2n) is 7.08. The predicted octanol–water partition coefficient (Wildman–Crippen LogP) is 0.849. The van der Waals surface area contributed by atoms with E-state index < -0.39 is 0 Å². The van der Waals surface area contributed by atoms with Crippen LogP contribution in [0, 0.1) is 18.8 Å². The largest absolute Gasteiger partial charge is 0.372 e. The Morgan fingerprint density at radius 1 is 1.32 bits per heavy atom. The highest BCUT2D eigenvalue weighted by molar-refractivity contribution is 5.93. The molecule has 2 fully saturated rings. The number of rotatable bonds is 5. The van der Waals surface area contributed by atoms with Crippen molar-refractivity contribution in [3.8, 4) is 0 Å². The van der Waals surface area contributed by atoms with E-state index in [1.807, 2.05) is 23.8 Å². The molecule has 0 spiro atoms. The van der Waals surface area contributed by atoms with Crippen LogP contribution in [-0.2, 0) is 9.53 Å². The van der Waals surface area contributed by atoms with Gasteiger partial charge in [-0.3, -0.25) is 9.59 Å². The number of amides is 2. The van der Waals surface area contributed by atoms with Crippen LogP contribution < -0.4 is 0 Å². The minimum atomic E-state index is -0.0473. The van der Waals surface area contributed by atoms with Gasteiger partial charge >= 0.3 is 0 Å². The molecule has 2 amide bonds. The molecule has 3 atom stereocenters. The number of fused-ring (bicyclic) bond motifs is 1. The van der Waals surface area contributed by atoms with Crippen molar-refractivity contribution < 1.29 is 14.3 Å². The average Bonchev–Trinajstić information content (AvgIpc) is 3.23. The highest BCUT2D eigenvalue weighted by Gasteiger charge is 2.41. The molecule has 1 N–H and O–H groups in total. The van der Waals surface area contributed by atoms with E-state index in [-0.39, 0.29) is 24.5 Å². The third-order valence-electron chi connectivity index (χ3n) is 5.62. The van der Waals surface area contributed by atoms with E-state index >= 15 is 0 Å². The first-order chi connectivity index (χ1) is 12.0. The fourth-order valence-electron chi connectivity index (χ4n) is 4.08. The lowest BCUT2D eigenvalue weighted by Crippen LogP contribution is -2.42. The summed E-state index contributed by atoms with van der Waals surface area (Å²) >= 11 is 0. The van der Waals surface area contributed by atoms with Crippen LogP contribution >= 0.6 is 0 Å². The standard InChI is InChI=1S/C17H27N5O3/c1-4-25-10-15(23)21(3)14-7-12-5-6-22(9-13(12)8-14)17(24)16-11(2)18-20-19-16/h12-14H,4-10H2,1-3H3,(H,18,19,20)/t12-,13-,14+/m1/s1. The van der Waals surface area contributed by atoms with Crippen molar-refractivity contribution in [3.63, 3.8) is 0 Å². The van der Waals surface area contributed by atoms with E-state index in [0.29, 0.717) is 29.8 Å². The SMILES string of the molecule is CCOCC(=O)N(C)[C@H]1C[C@H]2CCN(C(=O)c3n[nH]nc3C)C[C@H]2C1. The molecule has 138 valence electrons. The van der Waals surface area contributed by atoms with Crippen LogP contribution in [0.2, 0.25) is 0 Å². The number of hydrogen-bond donors (Lipinski definition) is 1. The van der Waals surface area contributed by atoms with Crippen molar-refractivity contribution in [1.29, 1.82) is 0 Å². The number of carbonyl (C=O) groups is 2. The van der Waals surface area contributed by atoms with Crippen molar-refractivity contribution in [2.45, 2.75) is 39.2 Å². The number of likely N-dealkylation sites (tertiary alicyclic amines) is 1. The molecular weight excluding hydrogens is 322 g/mol. The molecule has 8 heteroatoms. The Kier molecular flexibility index (Phi) is 5.36. The van der Waals surface area contributed by atoms with E-state index in [4.69, 9.17) is 4.74 Å². The summed E-state index contributed by atoms with van der Waals surface area (Å²) in [6.45, 7) is 5.85. The van der Waals surface area contributed by atoms with Crippen LogP contribution in [0.25, 0.3) is 0 Å². The lowest BCUT2D eigenvalue weighted by Gasteiger charge is -2.34. The molecule has 2 aliphatic rings. The molecule has 0 bridgehead atoms. The summed E-state index contributed by atoms with van der Waals surface area (Å²) in [7, 11) is 1.87. The van der Waals surface area contributed by atoms with E-state index in [2.05, 4.69) is 15.4 Å². The highest BCUT2D eigenvalue weighted by Crippen LogP contribution is 2.40. The second-order valence-corrected chi connectivity index (χ2v) is 7.08. The normalized spacial score (nSPS) is 25.7. The number of likely N-dealkylation sites (N-methyl/N-ethyl adjacent to an activating group) is 1. The summed E-state index contributed by atoms with van der Waals surface area (Å²) in [6, 6.07) is 0.242. The number of H-pyrrole nitrogens is 1. The van der Waals surface area contributed by atoms with Gasteiger partial charge in [-0.1, -0.05) is 0 Å². The van der Waals surface area contributed by atoms with Crippen molar-refractivity contribution in [2.75, 3.05) is 33.4 Å². The number of nitrogens with one attached hydrogen (secondary N) is 1. The number of aromatic nitrogens is 3. The molecular formula is C17H27N5O3. The summed E-state index contributed by atoms with van der Waals surface area (Å²) in [4.78, 5) is 28.5. The molecule has 1 saturated heterocycles. The highest BCUT2D eigenvalue weighted by atomic mass is 16.5. The van der Waals surface area contributed by atoms with Gasteiger partial charge in [0.2, 0.25) is 5.91 Å². The monoisotopic (exact) mass is 349 g/mol. The molecule has 1 aromatic heterocycles. The summed E-state index contributed by atoms with van der Waals surface area (Å²) < 4.78 is 5.24. The van der Waals surface area contributed by atoms with E-state index in [1.165, 1.54) is 0 Å². The second kappa shape index (κ2) is 7.51. The maximum Gasteiger partial charge on any atom is 0.276 e. The van der Waals surface area contributed by atoms with E-state index in [9.17, 15) is 9.59 Å². The summed E-state index contributed by atoms with van der Waals surface area (Å²) in [5.41, 5.74) is 1.05. The van der Waals surface area contributed by atoms with E-state index in [0.717, 1.165) is 32.4 Å². The molecule has 1 saturated carbocycles. The lowest BCUT2D eigenvalue weighted by molar-refractivity contribution is -0.136. The first-order valence-electron chi connectivity index (χ1n) is 9.01. The van der Waals surface area contributed by atoms with Crippen molar-refractivity contribution in [3.05, 3.63) is 11.4 Å². The zero-order valence-corrected chi connectivity index (χ0v) is 15.2. The Morgan fingerprint density at radius 3 is 2.76 bits per heavy atom. The van der Waals surface area contributed by atoms with Gasteiger partial charge in [0.05, 0.1) is 5.69 Å². The third kappa shape index (κ3) is 3.68. The van der Waals surface area contributed by atoms with Crippen LogP contribution in [0.5, 0.6) is 0 Å². The number of aromatic amines is 1. The minimum absolute atomic E-state index is 0.0386. The Labute approximate surface area is 147 Å². The van der Waals surface area contributed by atoms with Crippen molar-refractivity contribution in [2.24, 2.45) is 11.8 Å². The maximum absolute atomic E-state index is 12.6. The lowest BCUT2D eigenvalue weighted by atomic mass is 9.88. The zero-order chi connectivity index (χ0) is 18.0. The topological polar surface area (TPSA) is 91.4 Å². The molecule has 8 nitrogen and oxygen atoms in total. The summed E-state index contributed by atoms with van der Waals surface area (Å²) in [5.74, 6) is 1.01. The molecule has 25 heavy (non-hydrogen) atoms. The van der Waals surface area contributed by atoms with Crippen LogP contribution in [-0.4, -0.2) is 76.4 Å². The Morgan fingerprint density at radius 2 is 2.08 bits per heavy atom. The van der Waals surface area contributed by atoms with Gasteiger partial charge in [0.1, 0.15) is 6.61 Å². The number of piperidine rings is 1. The van der Waals surface area contributed by atoms with Gasteiger partial charge in [0, 0.05) is 32.8 Å². The zero-order valence-electron chi connectivity index (χ0n) is 15.2. The van der Waals surface area contributed by atoms with Crippen molar-refractivity contribution in [1.82, 2.24) is 25.2 Å². The van der Waals surface area contributed by atoms with Crippen LogP contribution in [0.15, 0.2) is 0 Å². The van der Waals surface area contributed by atoms with Crippen LogP contribution in [0.1, 0.15) is 42.4 Å². The molecule has 1 aromatic rings. The van der Waals surface area contributed by atoms with Gasteiger partial charge in [-0.15, -0.1) is 0 Å². The molecule has 1 aliphatic carbocycles. The Balaban J connectivity index is 1.58. The smallest absolute Gasteiger partial charge is 0.276 e. The first-order valence-corrected chi connectivity index (χ1v) is 9.01. The van der Waals surface area contributed by atoms with Gasteiger partial charge in [0.25, 0.3) is 5.91 Å². The van der Waals surface area contributed by atoms with Gasteiger partial charge in [-0.25, -0.2) is 0 Å². The first kappa shape index (κ1) is 17.8. The molecule has 1 aliphatic heterocycles. The number of aryl methyl sites for hydroxylation is 1. The van der Waals surface area contributed by atoms with Gasteiger partial charge in [0.15, 0.2) is 5.69 Å². The minimum Gasteiger partial charge on any atom is -0.372 e. The Hall–Kier alpha value is -1.96. The molecule has 2 heterocycles. The quantitative estimate of drug-likeness (QED) is 0.851. The fourth-order valence-corrected chi connectivity index (χ4v) is 4.08. The molecule has 0 aromatic carbocycles. The Bertz CT molecular complexity index is 632. The predicted molar refractivity (Wildman–Crippen MR) is 90.9 cm³/mol. The average molecular weight is 349 g/mol. The fraction of sp³-hybridized carbons (Fsp3) is 0.765. The van der Waals surface area contributed by atoms with E-state index in [1.54, 1.807) is 6.92 Å². The third-order valence-corrected chi connectivity index (χ3v) is 5.62.